The lowest BCUT2D eigenvalue weighted by Gasteiger charge is -2.34. The summed E-state index contributed by atoms with van der Waals surface area (Å²) in [6.45, 7) is 1.75. The predicted octanol–water partition coefficient (Wildman–Crippen LogP) is 2.86. The van der Waals surface area contributed by atoms with Gasteiger partial charge in [-0.3, -0.25) is 9.88 Å². The molecule has 0 unspecified atom stereocenters. The summed E-state index contributed by atoms with van der Waals surface area (Å²) in [4.78, 5) is 6.37. The van der Waals surface area contributed by atoms with Crippen LogP contribution in [0, 0.1) is 0 Å². The number of halogens is 1. The maximum Gasteiger partial charge on any atom is 0.0634 e. The van der Waals surface area contributed by atoms with Crippen molar-refractivity contribution in [2.24, 2.45) is 0 Å². The molecule has 1 aliphatic carbocycles. The Bertz CT molecular complexity index is 367. The molecule has 1 N–H and O–H groups in total. The second kappa shape index (κ2) is 7.07. The minimum Gasteiger partial charge on any atom is -0.395 e. The Kier molecular flexibility index (Phi) is 5.42. The van der Waals surface area contributed by atoms with Gasteiger partial charge in [-0.2, -0.15) is 0 Å². The van der Waals surface area contributed by atoms with Gasteiger partial charge in [0.05, 0.1) is 11.6 Å². The summed E-state index contributed by atoms with van der Waals surface area (Å²) in [5, 5.41) is 9.95. The minimum absolute atomic E-state index is 0.208. The first-order chi connectivity index (χ1) is 8.81. The largest absolute Gasteiger partial charge is 0.395 e. The summed E-state index contributed by atoms with van der Waals surface area (Å²) in [7, 11) is 0. The fraction of sp³-hybridized carbons (Fsp3) is 0.643. The third-order valence-electron chi connectivity index (χ3n) is 3.71. The fourth-order valence-electron chi connectivity index (χ4n) is 2.72. The van der Waals surface area contributed by atoms with Gasteiger partial charge in [-0.1, -0.05) is 30.9 Å². The van der Waals surface area contributed by atoms with Crippen LogP contribution in [0.5, 0.6) is 0 Å². The van der Waals surface area contributed by atoms with Crippen LogP contribution in [0.3, 0.4) is 0 Å². The number of pyridine rings is 1. The van der Waals surface area contributed by atoms with Crippen LogP contribution in [-0.4, -0.2) is 34.2 Å². The van der Waals surface area contributed by atoms with Crippen LogP contribution in [0.25, 0.3) is 0 Å². The monoisotopic (exact) mass is 268 g/mol. The molecule has 0 aliphatic heterocycles. The summed E-state index contributed by atoms with van der Waals surface area (Å²) < 4.78 is 0. The number of hydrogen-bond acceptors (Lipinski definition) is 3. The Morgan fingerprint density at radius 2 is 2.11 bits per heavy atom. The molecule has 0 bridgehead atoms. The minimum atomic E-state index is 0.208. The molecule has 1 aromatic heterocycles. The summed E-state index contributed by atoms with van der Waals surface area (Å²) in [6.07, 6.45) is 9.90. The molecule has 1 saturated carbocycles. The van der Waals surface area contributed by atoms with Crippen molar-refractivity contribution in [3.05, 3.63) is 29.0 Å². The lowest BCUT2D eigenvalue weighted by atomic mass is 9.94. The van der Waals surface area contributed by atoms with E-state index in [1.54, 1.807) is 12.4 Å². The van der Waals surface area contributed by atoms with E-state index in [4.69, 9.17) is 11.6 Å². The molecule has 0 radical (unpaired) electrons. The fourth-order valence-corrected chi connectivity index (χ4v) is 2.90. The van der Waals surface area contributed by atoms with Crippen LogP contribution in [0.15, 0.2) is 18.5 Å². The number of aliphatic hydroxyl groups excluding tert-OH is 1. The molecule has 1 heterocycles. The lowest BCUT2D eigenvalue weighted by molar-refractivity contribution is 0.117. The van der Waals surface area contributed by atoms with Gasteiger partial charge in [0.2, 0.25) is 0 Å². The molecule has 4 heteroatoms. The zero-order chi connectivity index (χ0) is 12.8. The van der Waals surface area contributed by atoms with Crippen molar-refractivity contribution >= 4 is 11.6 Å². The van der Waals surface area contributed by atoms with E-state index in [9.17, 15) is 5.11 Å². The smallest absolute Gasteiger partial charge is 0.0634 e. The molecule has 0 spiro atoms. The van der Waals surface area contributed by atoms with Gasteiger partial charge in [0.15, 0.2) is 0 Å². The van der Waals surface area contributed by atoms with Gasteiger partial charge in [-0.15, -0.1) is 0 Å². The molecule has 1 fully saturated rings. The lowest BCUT2D eigenvalue weighted by Crippen LogP contribution is -2.38. The van der Waals surface area contributed by atoms with Crippen molar-refractivity contribution in [1.82, 2.24) is 9.88 Å². The Morgan fingerprint density at radius 1 is 1.33 bits per heavy atom. The van der Waals surface area contributed by atoms with E-state index in [1.165, 1.54) is 32.1 Å². The Labute approximate surface area is 114 Å². The van der Waals surface area contributed by atoms with Gasteiger partial charge in [0, 0.05) is 31.5 Å². The van der Waals surface area contributed by atoms with Crippen molar-refractivity contribution in [3.63, 3.8) is 0 Å². The average molecular weight is 269 g/mol. The number of aromatic nitrogens is 1. The van der Waals surface area contributed by atoms with Crippen LogP contribution in [0.4, 0.5) is 0 Å². The Morgan fingerprint density at radius 3 is 2.78 bits per heavy atom. The summed E-state index contributed by atoms with van der Waals surface area (Å²) in [5.41, 5.74) is 1.10. The van der Waals surface area contributed by atoms with Crippen molar-refractivity contribution in [2.75, 3.05) is 13.2 Å². The zero-order valence-corrected chi connectivity index (χ0v) is 11.4. The van der Waals surface area contributed by atoms with E-state index in [0.717, 1.165) is 23.7 Å². The van der Waals surface area contributed by atoms with Crippen molar-refractivity contribution in [3.8, 4) is 0 Å². The molecule has 0 saturated heterocycles. The normalized spacial score (nSPS) is 17.3. The quantitative estimate of drug-likeness (QED) is 0.892. The van der Waals surface area contributed by atoms with Crippen molar-refractivity contribution in [2.45, 2.75) is 44.7 Å². The molecule has 3 nitrogen and oxygen atoms in total. The highest BCUT2D eigenvalue weighted by Gasteiger charge is 2.21. The first-order valence-corrected chi connectivity index (χ1v) is 7.12. The summed E-state index contributed by atoms with van der Waals surface area (Å²) in [5.74, 6) is 0. The van der Waals surface area contributed by atoms with Crippen LogP contribution in [0.1, 0.15) is 37.7 Å². The SMILES string of the molecule is OCCN(Cc1ccncc1Cl)C1CCCCC1. The van der Waals surface area contributed by atoms with Gasteiger partial charge in [-0.05, 0) is 24.5 Å². The van der Waals surface area contributed by atoms with Gasteiger partial charge in [0.25, 0.3) is 0 Å². The van der Waals surface area contributed by atoms with E-state index in [2.05, 4.69) is 9.88 Å². The van der Waals surface area contributed by atoms with E-state index in [0.29, 0.717) is 6.04 Å². The Hall–Kier alpha value is -0.640. The molecule has 0 aromatic carbocycles. The van der Waals surface area contributed by atoms with Gasteiger partial charge in [-0.25, -0.2) is 0 Å². The number of aliphatic hydroxyl groups is 1. The molecule has 0 amide bonds. The Balaban J connectivity index is 2.03. The van der Waals surface area contributed by atoms with E-state index >= 15 is 0 Å². The predicted molar refractivity (Wildman–Crippen MR) is 73.6 cm³/mol. The van der Waals surface area contributed by atoms with Crippen LogP contribution < -0.4 is 0 Å². The molecular formula is C14H21ClN2O. The molecule has 1 aromatic rings. The number of nitrogens with zero attached hydrogens (tertiary/aromatic N) is 2. The number of rotatable bonds is 5. The second-order valence-electron chi connectivity index (χ2n) is 4.95. The van der Waals surface area contributed by atoms with Gasteiger partial charge in [0.1, 0.15) is 0 Å². The van der Waals surface area contributed by atoms with E-state index in [-0.39, 0.29) is 6.61 Å². The molecular weight excluding hydrogens is 248 g/mol. The first kappa shape index (κ1) is 13.8. The maximum absolute atomic E-state index is 9.23. The van der Waals surface area contributed by atoms with Crippen LogP contribution in [-0.2, 0) is 6.54 Å². The van der Waals surface area contributed by atoms with Crippen molar-refractivity contribution in [1.29, 1.82) is 0 Å². The molecule has 18 heavy (non-hydrogen) atoms. The molecule has 0 atom stereocenters. The number of hydrogen-bond donors (Lipinski definition) is 1. The summed E-state index contributed by atoms with van der Waals surface area (Å²) >= 11 is 6.16. The van der Waals surface area contributed by atoms with Gasteiger partial charge >= 0.3 is 0 Å². The highest BCUT2D eigenvalue weighted by atomic mass is 35.5. The standard InChI is InChI=1S/C14H21ClN2O/c15-14-10-16-7-6-12(14)11-17(8-9-18)13-4-2-1-3-5-13/h6-7,10,13,18H,1-5,8-9,11H2. The first-order valence-electron chi connectivity index (χ1n) is 6.74. The highest BCUT2D eigenvalue weighted by molar-refractivity contribution is 6.31. The zero-order valence-electron chi connectivity index (χ0n) is 10.7. The van der Waals surface area contributed by atoms with Gasteiger partial charge < -0.3 is 5.11 Å². The van der Waals surface area contributed by atoms with Crippen molar-refractivity contribution < 1.29 is 5.11 Å². The van der Waals surface area contributed by atoms with E-state index < -0.39 is 0 Å². The highest BCUT2D eigenvalue weighted by Crippen LogP contribution is 2.25. The van der Waals surface area contributed by atoms with Crippen LogP contribution >= 0.6 is 11.6 Å². The van der Waals surface area contributed by atoms with Crippen LogP contribution in [0.2, 0.25) is 5.02 Å². The van der Waals surface area contributed by atoms with E-state index in [1.807, 2.05) is 6.07 Å². The molecule has 100 valence electrons. The topological polar surface area (TPSA) is 36.4 Å². The third kappa shape index (κ3) is 3.67. The molecule has 1 aliphatic rings. The second-order valence-corrected chi connectivity index (χ2v) is 5.36. The third-order valence-corrected chi connectivity index (χ3v) is 4.05. The summed E-state index contributed by atoms with van der Waals surface area (Å²) in [6, 6.07) is 2.56. The maximum atomic E-state index is 9.23. The molecule has 2 rings (SSSR count). The average Bonchev–Trinajstić information content (AvgIpc) is 2.42.